The van der Waals surface area contributed by atoms with Crippen LogP contribution in [0.3, 0.4) is 0 Å². The molecule has 3 rings (SSSR count). The molecule has 0 atom stereocenters. The van der Waals surface area contributed by atoms with Crippen molar-refractivity contribution in [2.45, 2.75) is 25.7 Å². The van der Waals surface area contributed by atoms with Gasteiger partial charge in [-0.15, -0.1) is 0 Å². The molecule has 0 amide bonds. The van der Waals surface area contributed by atoms with Crippen LogP contribution in [0.5, 0.6) is 5.75 Å². The van der Waals surface area contributed by atoms with Gasteiger partial charge in [0.05, 0.1) is 10.0 Å². The van der Waals surface area contributed by atoms with Crippen LogP contribution in [-0.2, 0) is 10.1 Å². The van der Waals surface area contributed by atoms with Crippen molar-refractivity contribution >= 4 is 44.2 Å². The SMILES string of the molecule is Cc1cc(C)c(S(=O)(=O)Oc2c(Cl)cc(Cl)c3cccnc23)cc1C. The number of benzene rings is 2. The van der Waals surface area contributed by atoms with Crippen molar-refractivity contribution in [2.75, 3.05) is 0 Å². The van der Waals surface area contributed by atoms with Crippen LogP contribution >= 0.6 is 23.2 Å². The fraction of sp³-hybridized carbons (Fsp3) is 0.167. The normalized spacial score (nSPS) is 11.7. The summed E-state index contributed by atoms with van der Waals surface area (Å²) in [5.74, 6) is -0.0284. The van der Waals surface area contributed by atoms with Gasteiger partial charge in [0.15, 0.2) is 5.75 Å². The van der Waals surface area contributed by atoms with Crippen molar-refractivity contribution in [1.29, 1.82) is 0 Å². The molecule has 0 aliphatic rings. The van der Waals surface area contributed by atoms with Crippen LogP contribution in [0, 0.1) is 20.8 Å². The molecule has 0 unspecified atom stereocenters. The summed E-state index contributed by atoms with van der Waals surface area (Å²) >= 11 is 12.3. The minimum Gasteiger partial charge on any atom is -0.375 e. The van der Waals surface area contributed by atoms with Gasteiger partial charge in [-0.25, -0.2) is 0 Å². The summed E-state index contributed by atoms with van der Waals surface area (Å²) in [6.07, 6.45) is 1.52. The van der Waals surface area contributed by atoms with E-state index in [1.54, 1.807) is 25.1 Å². The minimum atomic E-state index is -4.08. The zero-order chi connectivity index (χ0) is 18.4. The Morgan fingerprint density at radius 3 is 2.36 bits per heavy atom. The Bertz CT molecular complexity index is 1100. The lowest BCUT2D eigenvalue weighted by Crippen LogP contribution is -2.13. The average molecular weight is 396 g/mol. The first-order valence-corrected chi connectivity index (χ1v) is 9.62. The molecule has 4 nitrogen and oxygen atoms in total. The number of pyridine rings is 1. The highest BCUT2D eigenvalue weighted by Crippen LogP contribution is 2.38. The van der Waals surface area contributed by atoms with Crippen molar-refractivity contribution in [3.8, 4) is 5.75 Å². The molecule has 0 spiro atoms. The van der Waals surface area contributed by atoms with Crippen LogP contribution in [0.2, 0.25) is 10.0 Å². The fourth-order valence-corrected chi connectivity index (χ4v) is 4.44. The van der Waals surface area contributed by atoms with Crippen molar-refractivity contribution in [2.24, 2.45) is 0 Å². The maximum absolute atomic E-state index is 12.8. The predicted molar refractivity (Wildman–Crippen MR) is 100 cm³/mol. The van der Waals surface area contributed by atoms with E-state index < -0.39 is 10.1 Å². The lowest BCUT2D eigenvalue weighted by Gasteiger charge is -2.14. The lowest BCUT2D eigenvalue weighted by atomic mass is 10.1. The first-order chi connectivity index (χ1) is 11.7. The number of aromatic nitrogens is 1. The number of hydrogen-bond donors (Lipinski definition) is 0. The maximum Gasteiger partial charge on any atom is 0.339 e. The Kier molecular flexibility index (Phi) is 4.66. The van der Waals surface area contributed by atoms with Crippen LogP contribution in [0.15, 0.2) is 41.4 Å². The molecule has 0 fully saturated rings. The summed E-state index contributed by atoms with van der Waals surface area (Å²) < 4.78 is 31.0. The van der Waals surface area contributed by atoms with E-state index in [1.807, 2.05) is 19.9 Å². The Morgan fingerprint density at radius 2 is 1.64 bits per heavy atom. The third-order valence-corrected chi connectivity index (χ3v) is 5.96. The lowest BCUT2D eigenvalue weighted by molar-refractivity contribution is 0.487. The monoisotopic (exact) mass is 395 g/mol. The second-order valence-corrected chi connectivity index (χ2v) is 8.14. The van der Waals surface area contributed by atoms with Gasteiger partial charge in [-0.3, -0.25) is 4.98 Å². The molecule has 0 saturated heterocycles. The maximum atomic E-state index is 12.8. The Balaban J connectivity index is 2.17. The van der Waals surface area contributed by atoms with Crippen molar-refractivity contribution in [1.82, 2.24) is 4.98 Å². The molecule has 0 aliphatic heterocycles. The van der Waals surface area contributed by atoms with Crippen molar-refractivity contribution in [3.63, 3.8) is 0 Å². The minimum absolute atomic E-state index is 0.0284. The highest BCUT2D eigenvalue weighted by Gasteiger charge is 2.24. The number of hydrogen-bond acceptors (Lipinski definition) is 4. The van der Waals surface area contributed by atoms with E-state index in [9.17, 15) is 8.42 Å². The molecule has 130 valence electrons. The van der Waals surface area contributed by atoms with Crippen LogP contribution in [0.4, 0.5) is 0 Å². The number of aryl methyl sites for hydroxylation is 3. The molecule has 1 aromatic heterocycles. The summed E-state index contributed by atoms with van der Waals surface area (Å²) in [6.45, 7) is 5.50. The smallest absolute Gasteiger partial charge is 0.339 e. The first kappa shape index (κ1) is 18.0. The molecule has 0 N–H and O–H groups in total. The van der Waals surface area contributed by atoms with Gasteiger partial charge in [-0.1, -0.05) is 29.3 Å². The molecular weight excluding hydrogens is 381 g/mol. The third kappa shape index (κ3) is 3.32. The van der Waals surface area contributed by atoms with E-state index in [0.717, 1.165) is 11.1 Å². The standard InChI is InChI=1S/C18H15Cl2NO3S/c1-10-7-12(3)16(8-11(10)2)25(22,23)24-18-15(20)9-14(19)13-5-4-6-21-17(13)18/h4-9H,1-3H3. The van der Waals surface area contributed by atoms with Crippen molar-refractivity contribution in [3.05, 3.63) is 63.3 Å². The Labute approximate surface area is 156 Å². The largest absolute Gasteiger partial charge is 0.375 e. The Hall–Kier alpha value is -1.82. The summed E-state index contributed by atoms with van der Waals surface area (Å²) in [7, 11) is -4.08. The zero-order valence-electron chi connectivity index (χ0n) is 13.8. The molecule has 0 bridgehead atoms. The van der Waals surface area contributed by atoms with E-state index in [4.69, 9.17) is 27.4 Å². The van der Waals surface area contributed by atoms with E-state index in [2.05, 4.69) is 4.98 Å². The molecule has 0 saturated carbocycles. The predicted octanol–water partition coefficient (Wildman–Crippen LogP) is 5.23. The number of rotatable bonds is 3. The molecule has 7 heteroatoms. The summed E-state index contributed by atoms with van der Waals surface area (Å²) in [4.78, 5) is 4.28. The summed E-state index contributed by atoms with van der Waals surface area (Å²) in [5, 5.41) is 1.03. The topological polar surface area (TPSA) is 56.3 Å². The molecule has 25 heavy (non-hydrogen) atoms. The summed E-state index contributed by atoms with van der Waals surface area (Å²) in [6, 6.07) is 8.28. The number of halogens is 2. The number of fused-ring (bicyclic) bond motifs is 1. The van der Waals surface area contributed by atoms with Gasteiger partial charge < -0.3 is 4.18 Å². The Morgan fingerprint density at radius 1 is 0.960 bits per heavy atom. The van der Waals surface area contributed by atoms with E-state index in [1.165, 1.54) is 12.3 Å². The highest BCUT2D eigenvalue weighted by molar-refractivity contribution is 7.87. The summed E-state index contributed by atoms with van der Waals surface area (Å²) in [5.41, 5.74) is 2.77. The highest BCUT2D eigenvalue weighted by atomic mass is 35.5. The van der Waals surface area contributed by atoms with Crippen LogP contribution in [0.1, 0.15) is 16.7 Å². The van der Waals surface area contributed by atoms with E-state index in [0.29, 0.717) is 21.5 Å². The second kappa shape index (κ2) is 6.48. The molecule has 1 heterocycles. The fourth-order valence-electron chi connectivity index (χ4n) is 2.58. The average Bonchev–Trinajstić information content (AvgIpc) is 2.54. The van der Waals surface area contributed by atoms with Crippen molar-refractivity contribution < 1.29 is 12.6 Å². The quantitative estimate of drug-likeness (QED) is 0.569. The van der Waals surface area contributed by atoms with Gasteiger partial charge in [0, 0.05) is 11.6 Å². The van der Waals surface area contributed by atoms with Crippen LogP contribution < -0.4 is 4.18 Å². The van der Waals surface area contributed by atoms with E-state index >= 15 is 0 Å². The van der Waals surface area contributed by atoms with E-state index in [-0.39, 0.29) is 15.7 Å². The van der Waals surface area contributed by atoms with Gasteiger partial charge in [0.2, 0.25) is 0 Å². The van der Waals surface area contributed by atoms with Gasteiger partial charge in [0.25, 0.3) is 0 Å². The van der Waals surface area contributed by atoms with Gasteiger partial charge in [-0.05, 0) is 61.7 Å². The molecule has 3 aromatic rings. The molecule has 0 radical (unpaired) electrons. The first-order valence-electron chi connectivity index (χ1n) is 7.46. The van der Waals surface area contributed by atoms with Gasteiger partial charge in [-0.2, -0.15) is 8.42 Å². The molecule has 0 aliphatic carbocycles. The van der Waals surface area contributed by atoms with Crippen LogP contribution in [0.25, 0.3) is 10.9 Å². The zero-order valence-corrected chi connectivity index (χ0v) is 16.1. The molecule has 2 aromatic carbocycles. The third-order valence-electron chi connectivity index (χ3n) is 4.00. The number of nitrogens with zero attached hydrogens (tertiary/aromatic N) is 1. The molecular formula is C18H15Cl2NO3S. The van der Waals surface area contributed by atoms with Gasteiger partial charge in [0.1, 0.15) is 10.4 Å². The van der Waals surface area contributed by atoms with Gasteiger partial charge >= 0.3 is 10.1 Å². The second-order valence-electron chi connectivity index (χ2n) is 5.81. The van der Waals surface area contributed by atoms with Crippen LogP contribution in [-0.4, -0.2) is 13.4 Å².